The average Bonchev–Trinajstić information content (AvgIpc) is 3.19. The highest BCUT2D eigenvalue weighted by molar-refractivity contribution is 6.02. The first-order valence-electron chi connectivity index (χ1n) is 9.33. The molecule has 0 aliphatic rings. The van der Waals surface area contributed by atoms with Gasteiger partial charge in [0, 0.05) is 30.5 Å². The van der Waals surface area contributed by atoms with Crippen LogP contribution in [0.1, 0.15) is 30.2 Å². The lowest BCUT2D eigenvalue weighted by Crippen LogP contribution is -2.21. The van der Waals surface area contributed by atoms with Gasteiger partial charge in [-0.15, -0.1) is 0 Å². The summed E-state index contributed by atoms with van der Waals surface area (Å²) in [6, 6.07) is 13.7. The van der Waals surface area contributed by atoms with Crippen LogP contribution in [-0.2, 0) is 6.61 Å². The second-order valence-electron chi connectivity index (χ2n) is 6.30. The number of ether oxygens (including phenoxy) is 1. The molecule has 1 N–H and O–H groups in total. The third-order valence-corrected chi connectivity index (χ3v) is 4.40. The molecule has 2 aromatic carbocycles. The quantitative estimate of drug-likeness (QED) is 0.562. The highest BCUT2D eigenvalue weighted by atomic mass is 19.1. The van der Waals surface area contributed by atoms with Gasteiger partial charge in [0.2, 0.25) is 0 Å². The number of hydrogen-bond donors (Lipinski definition) is 1. The third kappa shape index (κ3) is 5.13. The van der Waals surface area contributed by atoms with Gasteiger partial charge >= 0.3 is 0 Å². The molecule has 1 aromatic heterocycles. The summed E-state index contributed by atoms with van der Waals surface area (Å²) in [6.45, 7) is 5.89. The molecule has 3 aromatic rings. The topological polar surface area (TPSA) is 54.7 Å². The predicted octanol–water partition coefficient (Wildman–Crippen LogP) is 5.24. The van der Waals surface area contributed by atoms with Crippen molar-refractivity contribution >= 4 is 17.3 Å². The molecule has 0 saturated carbocycles. The van der Waals surface area contributed by atoms with Crippen LogP contribution in [0.25, 0.3) is 0 Å². The number of carbonyl (C=O) groups excluding carboxylic acids is 1. The van der Waals surface area contributed by atoms with E-state index in [0.29, 0.717) is 11.4 Å². The van der Waals surface area contributed by atoms with Crippen molar-refractivity contribution in [1.29, 1.82) is 0 Å². The largest absolute Gasteiger partial charge is 0.483 e. The number of carbonyl (C=O) groups is 1. The van der Waals surface area contributed by atoms with E-state index >= 15 is 0 Å². The van der Waals surface area contributed by atoms with Crippen molar-refractivity contribution in [2.45, 2.75) is 20.5 Å². The van der Waals surface area contributed by atoms with Gasteiger partial charge in [-0.3, -0.25) is 4.79 Å². The Kier molecular flexibility index (Phi) is 6.49. The lowest BCUT2D eigenvalue weighted by Gasteiger charge is -2.21. The maximum absolute atomic E-state index is 13.6. The van der Waals surface area contributed by atoms with Crippen molar-refractivity contribution in [1.82, 2.24) is 0 Å². The Morgan fingerprint density at radius 1 is 1.03 bits per heavy atom. The summed E-state index contributed by atoms with van der Waals surface area (Å²) >= 11 is 0. The van der Waals surface area contributed by atoms with Crippen LogP contribution >= 0.6 is 0 Å². The SMILES string of the molecule is CCN(CC)c1ccc(NC(=O)c2ccc(COc3ccc(F)cc3F)o2)cc1. The first-order chi connectivity index (χ1) is 14.0. The smallest absolute Gasteiger partial charge is 0.291 e. The van der Waals surface area contributed by atoms with E-state index in [4.69, 9.17) is 9.15 Å². The summed E-state index contributed by atoms with van der Waals surface area (Å²) in [4.78, 5) is 14.6. The van der Waals surface area contributed by atoms with Crippen LogP contribution < -0.4 is 15.0 Å². The Morgan fingerprint density at radius 2 is 1.76 bits per heavy atom. The molecule has 1 amide bonds. The fraction of sp³-hybridized carbons (Fsp3) is 0.227. The van der Waals surface area contributed by atoms with E-state index in [1.54, 1.807) is 6.07 Å². The van der Waals surface area contributed by atoms with Gasteiger partial charge in [-0.05, 0) is 62.4 Å². The van der Waals surface area contributed by atoms with Gasteiger partial charge in [0.25, 0.3) is 5.91 Å². The fourth-order valence-corrected chi connectivity index (χ4v) is 2.86. The van der Waals surface area contributed by atoms with Gasteiger partial charge in [-0.1, -0.05) is 0 Å². The zero-order valence-electron chi connectivity index (χ0n) is 16.2. The van der Waals surface area contributed by atoms with Crippen molar-refractivity contribution in [2.24, 2.45) is 0 Å². The highest BCUT2D eigenvalue weighted by Crippen LogP contribution is 2.21. The van der Waals surface area contributed by atoms with Crippen LogP contribution in [0.4, 0.5) is 20.2 Å². The molecule has 29 heavy (non-hydrogen) atoms. The lowest BCUT2D eigenvalue weighted by atomic mass is 10.2. The molecule has 0 saturated heterocycles. The molecule has 0 radical (unpaired) electrons. The molecule has 0 aliphatic carbocycles. The van der Waals surface area contributed by atoms with Crippen molar-refractivity contribution in [3.8, 4) is 5.75 Å². The number of furan rings is 1. The second kappa shape index (κ2) is 9.23. The van der Waals surface area contributed by atoms with Crippen molar-refractivity contribution in [3.63, 3.8) is 0 Å². The van der Waals surface area contributed by atoms with E-state index in [2.05, 4.69) is 24.1 Å². The number of halogens is 2. The molecule has 152 valence electrons. The van der Waals surface area contributed by atoms with E-state index in [0.717, 1.165) is 30.9 Å². The monoisotopic (exact) mass is 400 g/mol. The number of anilines is 2. The first-order valence-corrected chi connectivity index (χ1v) is 9.33. The Labute approximate surface area is 167 Å². The zero-order chi connectivity index (χ0) is 20.8. The molecule has 7 heteroatoms. The minimum atomic E-state index is -0.803. The van der Waals surface area contributed by atoms with Gasteiger partial charge in [0.05, 0.1) is 0 Å². The normalized spacial score (nSPS) is 10.6. The number of hydrogen-bond acceptors (Lipinski definition) is 4. The maximum atomic E-state index is 13.6. The van der Waals surface area contributed by atoms with Crippen LogP contribution in [0.5, 0.6) is 5.75 Å². The summed E-state index contributed by atoms with van der Waals surface area (Å²) < 4.78 is 37.2. The van der Waals surface area contributed by atoms with Crippen molar-refractivity contribution in [2.75, 3.05) is 23.3 Å². The second-order valence-corrected chi connectivity index (χ2v) is 6.30. The van der Waals surface area contributed by atoms with E-state index in [1.165, 1.54) is 12.1 Å². The van der Waals surface area contributed by atoms with Gasteiger partial charge in [0.15, 0.2) is 17.3 Å². The molecule has 1 heterocycles. The number of nitrogens with one attached hydrogen (secondary N) is 1. The van der Waals surface area contributed by atoms with Crippen molar-refractivity contribution in [3.05, 3.63) is 77.8 Å². The third-order valence-electron chi connectivity index (χ3n) is 4.40. The van der Waals surface area contributed by atoms with Gasteiger partial charge in [-0.2, -0.15) is 0 Å². The Hall–Kier alpha value is -3.35. The highest BCUT2D eigenvalue weighted by Gasteiger charge is 2.13. The molecule has 0 atom stereocenters. The van der Waals surface area contributed by atoms with E-state index in [1.807, 2.05) is 24.3 Å². The maximum Gasteiger partial charge on any atom is 0.291 e. The van der Waals surface area contributed by atoms with Crippen LogP contribution in [-0.4, -0.2) is 19.0 Å². The zero-order valence-corrected chi connectivity index (χ0v) is 16.2. The molecule has 0 fully saturated rings. The molecule has 3 rings (SSSR count). The minimum absolute atomic E-state index is 0.0889. The molecule has 0 aliphatic heterocycles. The number of rotatable bonds is 8. The summed E-state index contributed by atoms with van der Waals surface area (Å²) in [5, 5.41) is 2.77. The average molecular weight is 400 g/mol. The summed E-state index contributed by atoms with van der Waals surface area (Å²) in [7, 11) is 0. The van der Waals surface area contributed by atoms with Crippen LogP contribution in [0.3, 0.4) is 0 Å². The molecule has 0 bridgehead atoms. The minimum Gasteiger partial charge on any atom is -0.483 e. The molecule has 0 spiro atoms. The van der Waals surface area contributed by atoms with E-state index < -0.39 is 17.5 Å². The Morgan fingerprint density at radius 3 is 2.41 bits per heavy atom. The lowest BCUT2D eigenvalue weighted by molar-refractivity contribution is 0.0992. The van der Waals surface area contributed by atoms with Crippen LogP contribution in [0.15, 0.2) is 59.0 Å². The van der Waals surface area contributed by atoms with E-state index in [9.17, 15) is 13.6 Å². The fourth-order valence-electron chi connectivity index (χ4n) is 2.86. The number of nitrogens with zero attached hydrogens (tertiary/aromatic N) is 1. The molecule has 0 unspecified atom stereocenters. The summed E-state index contributed by atoms with van der Waals surface area (Å²) in [5.74, 6) is -1.53. The van der Waals surface area contributed by atoms with Crippen LogP contribution in [0.2, 0.25) is 0 Å². The predicted molar refractivity (Wildman–Crippen MR) is 107 cm³/mol. The Bertz CT molecular complexity index is 966. The molecular weight excluding hydrogens is 378 g/mol. The summed E-state index contributed by atoms with van der Waals surface area (Å²) in [6.07, 6.45) is 0. The van der Waals surface area contributed by atoms with Gasteiger partial charge in [0.1, 0.15) is 18.2 Å². The molecule has 5 nitrogen and oxygen atoms in total. The van der Waals surface area contributed by atoms with Crippen LogP contribution in [0, 0.1) is 11.6 Å². The first kappa shape index (κ1) is 20.4. The molecular formula is C22H22F2N2O3. The Balaban J connectivity index is 1.59. The number of benzene rings is 2. The van der Waals surface area contributed by atoms with E-state index in [-0.39, 0.29) is 18.1 Å². The summed E-state index contributed by atoms with van der Waals surface area (Å²) in [5.41, 5.74) is 1.73. The van der Waals surface area contributed by atoms with Gasteiger partial charge in [-0.25, -0.2) is 8.78 Å². The van der Waals surface area contributed by atoms with Gasteiger partial charge < -0.3 is 19.4 Å². The standard InChI is InChI=1S/C22H22F2N2O3/c1-3-26(4-2)17-8-6-16(7-9-17)25-22(27)21-12-10-18(29-21)14-28-20-11-5-15(23)13-19(20)24/h5-13H,3-4,14H2,1-2H3,(H,25,27). The number of amides is 1. The van der Waals surface area contributed by atoms with Crippen molar-refractivity contribution < 1.29 is 22.7 Å².